The largest absolute Gasteiger partial charge is 0.388 e. The van der Waals surface area contributed by atoms with Gasteiger partial charge in [-0.3, -0.25) is 4.79 Å². The van der Waals surface area contributed by atoms with E-state index < -0.39 is 5.60 Å². The standard InChI is InChI=1S/C19H22Cl2N4O2/c20-16-5-4-13(23-11-14-6-9-22-18(21)25-14)10-15(16)17(26)24-12-19(27)7-2-1-3-8-19/h4-6,9-10,23,27H,1-3,7-8,11-12H2,(H,24,26). The Labute approximate surface area is 168 Å². The molecule has 3 N–H and O–H groups in total. The number of amides is 1. The zero-order chi connectivity index (χ0) is 19.3. The molecule has 1 aromatic carbocycles. The van der Waals surface area contributed by atoms with E-state index in [2.05, 4.69) is 20.6 Å². The van der Waals surface area contributed by atoms with E-state index in [1.807, 2.05) is 0 Å². The van der Waals surface area contributed by atoms with Crippen LogP contribution in [0.15, 0.2) is 30.5 Å². The number of halogens is 2. The van der Waals surface area contributed by atoms with Gasteiger partial charge in [-0.25, -0.2) is 9.97 Å². The molecule has 0 saturated heterocycles. The Morgan fingerprint density at radius 3 is 2.70 bits per heavy atom. The van der Waals surface area contributed by atoms with E-state index in [0.717, 1.165) is 30.6 Å². The minimum atomic E-state index is -0.817. The van der Waals surface area contributed by atoms with Gasteiger partial charge in [-0.1, -0.05) is 30.9 Å². The molecule has 144 valence electrons. The summed E-state index contributed by atoms with van der Waals surface area (Å²) in [5.74, 6) is -0.298. The number of anilines is 1. The van der Waals surface area contributed by atoms with Crippen molar-refractivity contribution in [1.82, 2.24) is 15.3 Å². The molecular formula is C19H22Cl2N4O2. The fraction of sp³-hybridized carbons (Fsp3) is 0.421. The summed E-state index contributed by atoms with van der Waals surface area (Å²) < 4.78 is 0. The number of benzene rings is 1. The number of hydrogen-bond donors (Lipinski definition) is 3. The summed E-state index contributed by atoms with van der Waals surface area (Å²) in [4.78, 5) is 20.5. The Morgan fingerprint density at radius 2 is 1.96 bits per heavy atom. The van der Waals surface area contributed by atoms with Crippen LogP contribution in [0.1, 0.15) is 48.2 Å². The molecule has 0 atom stereocenters. The van der Waals surface area contributed by atoms with Crippen molar-refractivity contribution >= 4 is 34.8 Å². The highest BCUT2D eigenvalue weighted by Gasteiger charge is 2.29. The van der Waals surface area contributed by atoms with Crippen molar-refractivity contribution in [2.24, 2.45) is 0 Å². The molecule has 1 aromatic heterocycles. The van der Waals surface area contributed by atoms with E-state index in [9.17, 15) is 9.90 Å². The van der Waals surface area contributed by atoms with E-state index in [1.54, 1.807) is 30.5 Å². The average Bonchev–Trinajstić information content (AvgIpc) is 2.66. The number of rotatable bonds is 6. The van der Waals surface area contributed by atoms with Crippen LogP contribution in [-0.2, 0) is 6.54 Å². The molecule has 1 fully saturated rings. The molecule has 6 nitrogen and oxygen atoms in total. The lowest BCUT2D eigenvalue weighted by atomic mass is 9.85. The van der Waals surface area contributed by atoms with Crippen LogP contribution in [0.2, 0.25) is 10.3 Å². The van der Waals surface area contributed by atoms with Crippen LogP contribution in [0.5, 0.6) is 0 Å². The van der Waals surface area contributed by atoms with Crippen molar-refractivity contribution in [3.63, 3.8) is 0 Å². The van der Waals surface area contributed by atoms with Gasteiger partial charge in [0.25, 0.3) is 5.91 Å². The zero-order valence-corrected chi connectivity index (χ0v) is 16.4. The predicted molar refractivity (Wildman–Crippen MR) is 106 cm³/mol. The number of carbonyl (C=O) groups is 1. The molecule has 1 aliphatic rings. The predicted octanol–water partition coefficient (Wildman–Crippen LogP) is 3.82. The van der Waals surface area contributed by atoms with Crippen LogP contribution in [0.4, 0.5) is 5.69 Å². The van der Waals surface area contributed by atoms with Crippen molar-refractivity contribution < 1.29 is 9.90 Å². The van der Waals surface area contributed by atoms with Crippen LogP contribution in [-0.4, -0.2) is 33.1 Å². The number of aromatic nitrogens is 2. The first-order valence-corrected chi connectivity index (χ1v) is 9.72. The maximum Gasteiger partial charge on any atom is 0.252 e. The lowest BCUT2D eigenvalue weighted by Crippen LogP contribution is -2.44. The van der Waals surface area contributed by atoms with Gasteiger partial charge in [-0.2, -0.15) is 0 Å². The number of nitrogens with zero attached hydrogens (tertiary/aromatic N) is 2. The normalized spacial score (nSPS) is 16.0. The van der Waals surface area contributed by atoms with Gasteiger partial charge in [0.05, 0.1) is 28.4 Å². The fourth-order valence-electron chi connectivity index (χ4n) is 3.20. The van der Waals surface area contributed by atoms with Gasteiger partial charge in [-0.15, -0.1) is 0 Å². The molecule has 3 rings (SSSR count). The number of aliphatic hydroxyl groups is 1. The molecule has 27 heavy (non-hydrogen) atoms. The third-order valence-corrected chi connectivity index (χ3v) is 5.24. The average molecular weight is 409 g/mol. The number of nitrogens with one attached hydrogen (secondary N) is 2. The quantitative estimate of drug-likeness (QED) is 0.632. The Kier molecular flexibility index (Phi) is 6.52. The molecule has 1 aliphatic carbocycles. The van der Waals surface area contributed by atoms with Crippen molar-refractivity contribution in [2.75, 3.05) is 11.9 Å². The molecule has 0 unspecified atom stereocenters. The highest BCUT2D eigenvalue weighted by atomic mass is 35.5. The summed E-state index contributed by atoms with van der Waals surface area (Å²) >= 11 is 12.0. The Bertz CT molecular complexity index is 810. The smallest absolute Gasteiger partial charge is 0.252 e. The van der Waals surface area contributed by atoms with Gasteiger partial charge in [-0.05, 0) is 48.7 Å². The van der Waals surface area contributed by atoms with Crippen LogP contribution in [0.25, 0.3) is 0 Å². The van der Waals surface area contributed by atoms with Gasteiger partial charge in [0, 0.05) is 18.4 Å². The summed E-state index contributed by atoms with van der Waals surface area (Å²) in [7, 11) is 0. The van der Waals surface area contributed by atoms with Crippen molar-refractivity contribution in [3.8, 4) is 0 Å². The second kappa shape index (κ2) is 8.87. The molecule has 0 radical (unpaired) electrons. The van der Waals surface area contributed by atoms with E-state index in [0.29, 0.717) is 30.0 Å². The Balaban J connectivity index is 1.62. The molecule has 8 heteroatoms. The zero-order valence-electron chi connectivity index (χ0n) is 14.8. The summed E-state index contributed by atoms with van der Waals surface area (Å²) in [6.07, 6.45) is 6.11. The Hall–Kier alpha value is -1.89. The first-order valence-electron chi connectivity index (χ1n) is 8.97. The van der Waals surface area contributed by atoms with E-state index in [4.69, 9.17) is 23.2 Å². The van der Waals surface area contributed by atoms with Crippen molar-refractivity contribution in [2.45, 2.75) is 44.2 Å². The number of carbonyl (C=O) groups excluding carboxylic acids is 1. The monoisotopic (exact) mass is 408 g/mol. The molecule has 1 amide bonds. The highest BCUT2D eigenvalue weighted by molar-refractivity contribution is 6.34. The molecule has 2 aromatic rings. The van der Waals surface area contributed by atoms with Gasteiger partial charge < -0.3 is 15.7 Å². The van der Waals surface area contributed by atoms with Gasteiger partial charge in [0.2, 0.25) is 5.28 Å². The molecule has 1 heterocycles. The molecule has 0 spiro atoms. The lowest BCUT2D eigenvalue weighted by Gasteiger charge is -2.32. The van der Waals surface area contributed by atoms with Crippen LogP contribution in [0.3, 0.4) is 0 Å². The van der Waals surface area contributed by atoms with E-state index >= 15 is 0 Å². The molecule has 1 saturated carbocycles. The maximum absolute atomic E-state index is 12.5. The third kappa shape index (κ3) is 5.54. The fourth-order valence-corrected chi connectivity index (χ4v) is 3.56. The second-order valence-corrected chi connectivity index (χ2v) is 7.58. The Morgan fingerprint density at radius 1 is 1.19 bits per heavy atom. The van der Waals surface area contributed by atoms with Crippen LogP contribution >= 0.6 is 23.2 Å². The maximum atomic E-state index is 12.5. The van der Waals surface area contributed by atoms with Crippen molar-refractivity contribution in [3.05, 3.63) is 52.0 Å². The minimum absolute atomic E-state index is 0.186. The minimum Gasteiger partial charge on any atom is -0.388 e. The second-order valence-electron chi connectivity index (χ2n) is 6.83. The van der Waals surface area contributed by atoms with E-state index in [1.165, 1.54) is 0 Å². The van der Waals surface area contributed by atoms with Gasteiger partial charge in [0.1, 0.15) is 0 Å². The van der Waals surface area contributed by atoms with Crippen LogP contribution in [0, 0.1) is 0 Å². The molecule has 0 bridgehead atoms. The molecule has 0 aliphatic heterocycles. The van der Waals surface area contributed by atoms with Crippen molar-refractivity contribution in [1.29, 1.82) is 0 Å². The highest BCUT2D eigenvalue weighted by Crippen LogP contribution is 2.27. The summed E-state index contributed by atoms with van der Waals surface area (Å²) in [6, 6.07) is 6.90. The van der Waals surface area contributed by atoms with Gasteiger partial charge >= 0.3 is 0 Å². The number of hydrogen-bond acceptors (Lipinski definition) is 5. The molecular weight excluding hydrogens is 387 g/mol. The lowest BCUT2D eigenvalue weighted by molar-refractivity contribution is 0.00526. The topological polar surface area (TPSA) is 87.1 Å². The first kappa shape index (κ1) is 19.9. The van der Waals surface area contributed by atoms with Crippen LogP contribution < -0.4 is 10.6 Å². The van der Waals surface area contributed by atoms with E-state index in [-0.39, 0.29) is 17.7 Å². The third-order valence-electron chi connectivity index (χ3n) is 4.73. The first-order chi connectivity index (χ1) is 13.0. The summed E-state index contributed by atoms with van der Waals surface area (Å²) in [5, 5.41) is 17.1. The van der Waals surface area contributed by atoms with Gasteiger partial charge in [0.15, 0.2) is 0 Å². The summed E-state index contributed by atoms with van der Waals surface area (Å²) in [6.45, 7) is 0.671. The SMILES string of the molecule is O=C(NCC1(O)CCCCC1)c1cc(NCc2ccnc(Cl)n2)ccc1Cl. The summed E-state index contributed by atoms with van der Waals surface area (Å²) in [5.41, 5.74) is 1.01.